The number of rotatable bonds is 10. The van der Waals surface area contributed by atoms with Gasteiger partial charge in [0.15, 0.2) is 0 Å². The van der Waals surface area contributed by atoms with Crippen LogP contribution in [0.3, 0.4) is 0 Å². The monoisotopic (exact) mass is 278 g/mol. The summed E-state index contributed by atoms with van der Waals surface area (Å²) in [4.78, 5) is 11.8. The number of benzene rings is 1. The molecule has 1 unspecified atom stereocenters. The van der Waals surface area contributed by atoms with Crippen LogP contribution in [0.1, 0.15) is 45.1 Å². The van der Waals surface area contributed by atoms with Gasteiger partial charge in [0, 0.05) is 0 Å². The number of hydrogen-bond acceptors (Lipinski definition) is 3. The molecule has 0 heterocycles. The molecule has 0 spiro atoms. The number of carbonyl (C=O) groups excluding carboxylic acids is 1. The summed E-state index contributed by atoms with van der Waals surface area (Å²) in [6.45, 7) is 5.52. The average Bonchev–Trinajstić information content (AvgIpc) is 2.48. The third-order valence-corrected chi connectivity index (χ3v) is 3.32. The molecule has 0 aromatic heterocycles. The average molecular weight is 278 g/mol. The van der Waals surface area contributed by atoms with E-state index >= 15 is 0 Å². The SMILES string of the molecule is CCCCC(CC)C(=O)OCCOCc1ccccc1. The molecule has 0 fully saturated rings. The van der Waals surface area contributed by atoms with E-state index in [0.717, 1.165) is 31.2 Å². The predicted octanol–water partition coefficient (Wildman–Crippen LogP) is 3.96. The summed E-state index contributed by atoms with van der Waals surface area (Å²) in [5.41, 5.74) is 1.13. The van der Waals surface area contributed by atoms with Crippen LogP contribution in [0.25, 0.3) is 0 Å². The van der Waals surface area contributed by atoms with Crippen molar-refractivity contribution in [1.29, 1.82) is 0 Å². The normalized spacial score (nSPS) is 12.1. The minimum Gasteiger partial charge on any atom is -0.463 e. The lowest BCUT2D eigenvalue weighted by Gasteiger charge is -2.13. The minimum atomic E-state index is -0.0794. The molecule has 0 saturated heterocycles. The second kappa shape index (κ2) is 10.4. The van der Waals surface area contributed by atoms with Crippen LogP contribution in [-0.4, -0.2) is 19.2 Å². The van der Waals surface area contributed by atoms with Crippen molar-refractivity contribution in [2.24, 2.45) is 5.92 Å². The Kier molecular flexibility index (Phi) is 8.72. The van der Waals surface area contributed by atoms with Crippen LogP contribution in [0.4, 0.5) is 0 Å². The van der Waals surface area contributed by atoms with Crippen molar-refractivity contribution in [2.75, 3.05) is 13.2 Å². The second-order valence-corrected chi connectivity index (χ2v) is 4.95. The molecule has 0 aliphatic heterocycles. The third-order valence-electron chi connectivity index (χ3n) is 3.32. The molecule has 0 saturated carbocycles. The maximum Gasteiger partial charge on any atom is 0.308 e. The Balaban J connectivity index is 2.12. The minimum absolute atomic E-state index is 0.0454. The van der Waals surface area contributed by atoms with Gasteiger partial charge in [-0.25, -0.2) is 0 Å². The first-order valence-electron chi connectivity index (χ1n) is 7.56. The van der Waals surface area contributed by atoms with Crippen molar-refractivity contribution in [1.82, 2.24) is 0 Å². The Morgan fingerprint density at radius 3 is 2.55 bits per heavy atom. The summed E-state index contributed by atoms with van der Waals surface area (Å²) >= 11 is 0. The summed E-state index contributed by atoms with van der Waals surface area (Å²) in [5, 5.41) is 0. The molecule has 0 aliphatic rings. The highest BCUT2D eigenvalue weighted by molar-refractivity contribution is 5.72. The fraction of sp³-hybridized carbons (Fsp3) is 0.588. The van der Waals surface area contributed by atoms with Crippen LogP contribution in [0, 0.1) is 5.92 Å². The van der Waals surface area contributed by atoms with Crippen LogP contribution in [-0.2, 0) is 20.9 Å². The van der Waals surface area contributed by atoms with Crippen LogP contribution in [0.5, 0.6) is 0 Å². The second-order valence-electron chi connectivity index (χ2n) is 4.95. The molecule has 0 bridgehead atoms. The van der Waals surface area contributed by atoms with Gasteiger partial charge in [0.1, 0.15) is 6.61 Å². The van der Waals surface area contributed by atoms with Crippen molar-refractivity contribution < 1.29 is 14.3 Å². The first-order chi connectivity index (χ1) is 9.77. The number of ether oxygens (including phenoxy) is 2. The Bertz CT molecular complexity index is 362. The smallest absolute Gasteiger partial charge is 0.308 e. The number of hydrogen-bond donors (Lipinski definition) is 0. The molecule has 0 amide bonds. The van der Waals surface area contributed by atoms with Crippen LogP contribution < -0.4 is 0 Å². The van der Waals surface area contributed by atoms with Crippen molar-refractivity contribution in [3.8, 4) is 0 Å². The van der Waals surface area contributed by atoms with E-state index in [4.69, 9.17) is 9.47 Å². The van der Waals surface area contributed by atoms with E-state index in [1.54, 1.807) is 0 Å². The van der Waals surface area contributed by atoms with Crippen molar-refractivity contribution in [3.63, 3.8) is 0 Å². The maximum atomic E-state index is 11.8. The molecule has 3 nitrogen and oxygen atoms in total. The van der Waals surface area contributed by atoms with Gasteiger partial charge in [0.25, 0.3) is 0 Å². The summed E-state index contributed by atoms with van der Waals surface area (Å²) in [7, 11) is 0. The molecule has 1 aromatic carbocycles. The Morgan fingerprint density at radius 1 is 1.15 bits per heavy atom. The van der Waals surface area contributed by atoms with Crippen LogP contribution in [0.2, 0.25) is 0 Å². The topological polar surface area (TPSA) is 35.5 Å². The third kappa shape index (κ3) is 6.71. The lowest BCUT2D eigenvalue weighted by atomic mass is 10.00. The largest absolute Gasteiger partial charge is 0.463 e. The molecule has 1 atom stereocenters. The van der Waals surface area contributed by atoms with E-state index in [9.17, 15) is 4.79 Å². The molecule has 0 aliphatic carbocycles. The van der Waals surface area contributed by atoms with Crippen molar-refractivity contribution in [3.05, 3.63) is 35.9 Å². The van der Waals surface area contributed by atoms with Gasteiger partial charge in [-0.05, 0) is 18.4 Å². The van der Waals surface area contributed by atoms with E-state index < -0.39 is 0 Å². The molecule has 20 heavy (non-hydrogen) atoms. The number of carbonyl (C=O) groups is 1. The van der Waals surface area contributed by atoms with Crippen LogP contribution >= 0.6 is 0 Å². The van der Waals surface area contributed by atoms with Gasteiger partial charge < -0.3 is 9.47 Å². The van der Waals surface area contributed by atoms with Gasteiger partial charge in [-0.3, -0.25) is 4.79 Å². The van der Waals surface area contributed by atoms with Crippen molar-refractivity contribution >= 4 is 5.97 Å². The highest BCUT2D eigenvalue weighted by atomic mass is 16.6. The summed E-state index contributed by atoms with van der Waals surface area (Å²) < 4.78 is 10.8. The van der Waals surface area contributed by atoms with Gasteiger partial charge in [-0.2, -0.15) is 0 Å². The molecule has 0 N–H and O–H groups in total. The summed E-state index contributed by atoms with van der Waals surface area (Å²) in [6, 6.07) is 9.98. The van der Waals surface area contributed by atoms with Gasteiger partial charge in [-0.15, -0.1) is 0 Å². The highest BCUT2D eigenvalue weighted by Gasteiger charge is 2.16. The van der Waals surface area contributed by atoms with Crippen LogP contribution in [0.15, 0.2) is 30.3 Å². The summed E-state index contributed by atoms with van der Waals surface area (Å²) in [6.07, 6.45) is 3.97. The molecule has 3 heteroatoms. The Hall–Kier alpha value is -1.35. The maximum absolute atomic E-state index is 11.8. The molecular formula is C17H26O3. The van der Waals surface area contributed by atoms with E-state index in [2.05, 4.69) is 6.92 Å². The molecule has 0 radical (unpaired) electrons. The zero-order valence-electron chi connectivity index (χ0n) is 12.6. The fourth-order valence-corrected chi connectivity index (χ4v) is 2.02. The Morgan fingerprint density at radius 2 is 1.90 bits per heavy atom. The standard InChI is InChI=1S/C17H26O3/c1-3-5-11-16(4-2)17(18)20-13-12-19-14-15-9-7-6-8-10-15/h6-10,16H,3-5,11-14H2,1-2H3. The fourth-order valence-electron chi connectivity index (χ4n) is 2.02. The Labute approximate surface area is 122 Å². The van der Waals surface area contributed by atoms with Crippen molar-refractivity contribution in [2.45, 2.75) is 46.1 Å². The molecule has 1 rings (SSSR count). The van der Waals surface area contributed by atoms with Gasteiger partial charge in [0.2, 0.25) is 0 Å². The number of esters is 1. The van der Waals surface area contributed by atoms with E-state index in [-0.39, 0.29) is 11.9 Å². The summed E-state index contributed by atoms with van der Waals surface area (Å²) in [5.74, 6) is -0.0339. The molecule has 1 aromatic rings. The van der Waals surface area contributed by atoms with E-state index in [1.165, 1.54) is 0 Å². The van der Waals surface area contributed by atoms with Gasteiger partial charge in [-0.1, -0.05) is 57.0 Å². The predicted molar refractivity (Wildman–Crippen MR) is 80.4 cm³/mol. The van der Waals surface area contributed by atoms with Gasteiger partial charge in [0.05, 0.1) is 19.1 Å². The van der Waals surface area contributed by atoms with Gasteiger partial charge >= 0.3 is 5.97 Å². The first-order valence-corrected chi connectivity index (χ1v) is 7.56. The zero-order valence-corrected chi connectivity index (χ0v) is 12.6. The molecular weight excluding hydrogens is 252 g/mol. The lowest BCUT2D eigenvalue weighted by molar-refractivity contribution is -0.150. The first kappa shape index (κ1) is 16.7. The van der Waals surface area contributed by atoms with E-state index in [0.29, 0.717) is 19.8 Å². The zero-order chi connectivity index (χ0) is 14.6. The quantitative estimate of drug-likeness (QED) is 0.480. The van der Waals surface area contributed by atoms with E-state index in [1.807, 2.05) is 37.3 Å². The highest BCUT2D eigenvalue weighted by Crippen LogP contribution is 2.14. The lowest BCUT2D eigenvalue weighted by Crippen LogP contribution is -2.19. The number of unbranched alkanes of at least 4 members (excludes halogenated alkanes) is 1. The molecule has 112 valence electrons.